The van der Waals surface area contributed by atoms with Crippen molar-refractivity contribution in [2.75, 3.05) is 0 Å². The third kappa shape index (κ3) is 2.72. The first kappa shape index (κ1) is 13.1. The fourth-order valence-electron chi connectivity index (χ4n) is 1.45. The normalized spacial score (nSPS) is 11.8. The van der Waals surface area contributed by atoms with Gasteiger partial charge in [-0.2, -0.15) is 18.3 Å². The zero-order chi connectivity index (χ0) is 13.3. The molecule has 0 N–H and O–H groups in total. The maximum absolute atomic E-state index is 13.2. The van der Waals surface area contributed by atoms with Crippen LogP contribution >= 0.6 is 15.9 Å². The lowest BCUT2D eigenvalue weighted by molar-refractivity contribution is -0.141. The standard InChI is InChI=1S/C11H7BrF4N2/c12-10-7(2-1-3-8(10)13)6-18-5-4-9(17-18)11(14,15)16/h1-5H,6H2. The van der Waals surface area contributed by atoms with Gasteiger partial charge in [0.15, 0.2) is 5.69 Å². The van der Waals surface area contributed by atoms with Crippen LogP contribution < -0.4 is 0 Å². The van der Waals surface area contributed by atoms with E-state index in [1.807, 2.05) is 0 Å². The van der Waals surface area contributed by atoms with Gasteiger partial charge in [-0.3, -0.25) is 4.68 Å². The van der Waals surface area contributed by atoms with Crippen LogP contribution in [-0.2, 0) is 12.7 Å². The molecule has 2 aromatic rings. The molecule has 0 unspecified atom stereocenters. The van der Waals surface area contributed by atoms with Crippen LogP contribution in [0.2, 0.25) is 0 Å². The summed E-state index contributed by atoms with van der Waals surface area (Å²) < 4.78 is 51.6. The number of halogens is 5. The van der Waals surface area contributed by atoms with Gasteiger partial charge in [0, 0.05) is 6.20 Å². The third-order valence-corrected chi connectivity index (χ3v) is 3.18. The first-order valence-corrected chi connectivity index (χ1v) is 5.71. The van der Waals surface area contributed by atoms with Gasteiger partial charge in [-0.1, -0.05) is 12.1 Å². The molecule has 0 radical (unpaired) electrons. The highest BCUT2D eigenvalue weighted by atomic mass is 79.9. The molecule has 0 saturated carbocycles. The lowest BCUT2D eigenvalue weighted by Crippen LogP contribution is -2.08. The van der Waals surface area contributed by atoms with Gasteiger partial charge in [-0.25, -0.2) is 4.39 Å². The minimum Gasteiger partial charge on any atom is -0.268 e. The fraction of sp³-hybridized carbons (Fsp3) is 0.182. The number of hydrogen-bond acceptors (Lipinski definition) is 1. The molecule has 0 saturated heterocycles. The monoisotopic (exact) mass is 322 g/mol. The zero-order valence-electron chi connectivity index (χ0n) is 8.88. The molecular formula is C11H7BrF4N2. The molecule has 0 aliphatic carbocycles. The molecule has 0 spiro atoms. The fourth-order valence-corrected chi connectivity index (χ4v) is 1.84. The van der Waals surface area contributed by atoms with Crippen LogP contribution in [0.5, 0.6) is 0 Å². The Morgan fingerprint density at radius 1 is 1.22 bits per heavy atom. The van der Waals surface area contributed by atoms with Gasteiger partial charge < -0.3 is 0 Å². The summed E-state index contributed by atoms with van der Waals surface area (Å²) >= 11 is 3.05. The number of nitrogens with zero attached hydrogens (tertiary/aromatic N) is 2. The molecule has 96 valence electrons. The minimum atomic E-state index is -4.47. The number of aromatic nitrogens is 2. The van der Waals surface area contributed by atoms with Crippen molar-refractivity contribution in [3.8, 4) is 0 Å². The molecule has 1 aromatic heterocycles. The van der Waals surface area contributed by atoms with Gasteiger partial charge in [0.05, 0.1) is 11.0 Å². The average Bonchev–Trinajstić information content (AvgIpc) is 2.73. The van der Waals surface area contributed by atoms with Crippen LogP contribution in [0.25, 0.3) is 0 Å². The molecule has 1 heterocycles. The number of alkyl halides is 3. The van der Waals surface area contributed by atoms with E-state index in [2.05, 4.69) is 21.0 Å². The summed E-state index contributed by atoms with van der Waals surface area (Å²) in [7, 11) is 0. The maximum atomic E-state index is 13.2. The Hall–Kier alpha value is -1.37. The molecule has 0 amide bonds. The molecule has 0 fully saturated rings. The van der Waals surface area contributed by atoms with Crippen LogP contribution in [-0.4, -0.2) is 9.78 Å². The lowest BCUT2D eigenvalue weighted by atomic mass is 10.2. The molecule has 0 atom stereocenters. The van der Waals surface area contributed by atoms with E-state index in [4.69, 9.17) is 0 Å². The Balaban J connectivity index is 2.24. The number of rotatable bonds is 2. The molecule has 0 aliphatic heterocycles. The van der Waals surface area contributed by atoms with E-state index >= 15 is 0 Å². The zero-order valence-corrected chi connectivity index (χ0v) is 10.5. The van der Waals surface area contributed by atoms with Gasteiger partial charge in [-0.05, 0) is 33.6 Å². The summed E-state index contributed by atoms with van der Waals surface area (Å²) in [4.78, 5) is 0. The van der Waals surface area contributed by atoms with Crippen molar-refractivity contribution in [2.24, 2.45) is 0 Å². The van der Waals surface area contributed by atoms with E-state index in [1.54, 1.807) is 6.07 Å². The van der Waals surface area contributed by atoms with E-state index in [9.17, 15) is 17.6 Å². The van der Waals surface area contributed by atoms with Gasteiger partial charge in [0.2, 0.25) is 0 Å². The van der Waals surface area contributed by atoms with Crippen molar-refractivity contribution in [2.45, 2.75) is 12.7 Å². The molecule has 18 heavy (non-hydrogen) atoms. The molecule has 2 nitrogen and oxygen atoms in total. The highest BCUT2D eigenvalue weighted by Crippen LogP contribution is 2.27. The SMILES string of the molecule is Fc1cccc(Cn2ccc(C(F)(F)F)n2)c1Br. The predicted molar refractivity (Wildman–Crippen MR) is 60.4 cm³/mol. The summed E-state index contributed by atoms with van der Waals surface area (Å²) in [5.41, 5.74) is -0.443. The van der Waals surface area contributed by atoms with Crippen LogP contribution in [0.15, 0.2) is 34.9 Å². The Labute approximate surface area is 108 Å². The quantitative estimate of drug-likeness (QED) is 0.768. The largest absolute Gasteiger partial charge is 0.435 e. The Kier molecular flexibility index (Phi) is 3.43. The van der Waals surface area contributed by atoms with Crippen LogP contribution in [0.1, 0.15) is 11.3 Å². The van der Waals surface area contributed by atoms with Crippen molar-refractivity contribution in [3.63, 3.8) is 0 Å². The molecule has 0 bridgehead atoms. The highest BCUT2D eigenvalue weighted by molar-refractivity contribution is 9.10. The summed E-state index contributed by atoms with van der Waals surface area (Å²) in [6, 6.07) is 5.25. The van der Waals surface area contributed by atoms with Crippen LogP contribution in [0.4, 0.5) is 17.6 Å². The smallest absolute Gasteiger partial charge is 0.268 e. The Morgan fingerprint density at radius 2 is 1.94 bits per heavy atom. The predicted octanol–water partition coefficient (Wildman–Crippen LogP) is 3.85. The molecule has 0 aliphatic rings. The highest BCUT2D eigenvalue weighted by Gasteiger charge is 2.33. The topological polar surface area (TPSA) is 17.8 Å². The van der Waals surface area contributed by atoms with Crippen molar-refractivity contribution in [1.29, 1.82) is 0 Å². The number of benzene rings is 1. The van der Waals surface area contributed by atoms with Gasteiger partial charge in [0.1, 0.15) is 5.82 Å². The van der Waals surface area contributed by atoms with Crippen molar-refractivity contribution < 1.29 is 17.6 Å². The van der Waals surface area contributed by atoms with E-state index < -0.39 is 17.7 Å². The first-order chi connectivity index (χ1) is 8.38. The first-order valence-electron chi connectivity index (χ1n) is 4.91. The van der Waals surface area contributed by atoms with Crippen LogP contribution in [0.3, 0.4) is 0 Å². The Bertz CT molecular complexity index is 562. The van der Waals surface area contributed by atoms with E-state index in [0.717, 1.165) is 10.7 Å². The van der Waals surface area contributed by atoms with Gasteiger partial charge in [-0.15, -0.1) is 0 Å². The van der Waals surface area contributed by atoms with E-state index in [0.29, 0.717) is 5.56 Å². The average molecular weight is 323 g/mol. The summed E-state index contributed by atoms with van der Waals surface area (Å²) in [5, 5.41) is 3.40. The molecule has 1 aromatic carbocycles. The Morgan fingerprint density at radius 3 is 2.56 bits per heavy atom. The maximum Gasteiger partial charge on any atom is 0.435 e. The second-order valence-corrected chi connectivity index (χ2v) is 4.40. The van der Waals surface area contributed by atoms with Crippen LogP contribution in [0, 0.1) is 5.82 Å². The van der Waals surface area contributed by atoms with Crippen molar-refractivity contribution >= 4 is 15.9 Å². The van der Waals surface area contributed by atoms with E-state index in [1.165, 1.54) is 18.3 Å². The minimum absolute atomic E-state index is 0.0639. The second kappa shape index (κ2) is 4.72. The van der Waals surface area contributed by atoms with Gasteiger partial charge >= 0.3 is 6.18 Å². The van der Waals surface area contributed by atoms with E-state index in [-0.39, 0.29) is 11.0 Å². The summed E-state index contributed by atoms with van der Waals surface area (Å²) in [6.45, 7) is 0.0639. The van der Waals surface area contributed by atoms with Crippen molar-refractivity contribution in [3.05, 3.63) is 52.0 Å². The molecule has 7 heteroatoms. The van der Waals surface area contributed by atoms with Crippen molar-refractivity contribution in [1.82, 2.24) is 9.78 Å². The number of hydrogen-bond donors (Lipinski definition) is 0. The molecule has 2 rings (SSSR count). The lowest BCUT2D eigenvalue weighted by Gasteiger charge is -2.06. The summed E-state index contributed by atoms with van der Waals surface area (Å²) in [5.74, 6) is -0.462. The summed E-state index contributed by atoms with van der Waals surface area (Å²) in [6.07, 6.45) is -3.26. The second-order valence-electron chi connectivity index (χ2n) is 3.61. The molecular weight excluding hydrogens is 316 g/mol. The van der Waals surface area contributed by atoms with Gasteiger partial charge in [0.25, 0.3) is 0 Å². The third-order valence-electron chi connectivity index (χ3n) is 2.30.